The molecule has 0 bridgehead atoms. The summed E-state index contributed by atoms with van der Waals surface area (Å²) in [7, 11) is 0. The van der Waals surface area contributed by atoms with Crippen molar-refractivity contribution in [3.05, 3.63) is 60.2 Å². The highest BCUT2D eigenvalue weighted by Gasteiger charge is 2.24. The van der Waals surface area contributed by atoms with Crippen molar-refractivity contribution in [3.8, 4) is 11.5 Å². The lowest BCUT2D eigenvalue weighted by Gasteiger charge is -2.38. The molecule has 5 heteroatoms. The molecular formula is C20H24N2O3. The van der Waals surface area contributed by atoms with Gasteiger partial charge < -0.3 is 14.7 Å². The van der Waals surface area contributed by atoms with Crippen LogP contribution in [0, 0.1) is 0 Å². The summed E-state index contributed by atoms with van der Waals surface area (Å²) in [5, 5.41) is 9.25. The fourth-order valence-electron chi connectivity index (χ4n) is 3.08. The summed E-state index contributed by atoms with van der Waals surface area (Å²) in [6.07, 6.45) is 0. The Morgan fingerprint density at radius 1 is 1.04 bits per heavy atom. The van der Waals surface area contributed by atoms with E-state index in [1.165, 1.54) is 5.56 Å². The van der Waals surface area contributed by atoms with Crippen molar-refractivity contribution in [1.29, 1.82) is 0 Å². The number of ether oxygens (including phenoxy) is 1. The van der Waals surface area contributed by atoms with Crippen LogP contribution in [-0.4, -0.2) is 53.6 Å². The van der Waals surface area contributed by atoms with Crippen molar-refractivity contribution in [3.63, 3.8) is 0 Å². The van der Waals surface area contributed by atoms with Gasteiger partial charge in [0.1, 0.15) is 11.5 Å². The average molecular weight is 340 g/mol. The van der Waals surface area contributed by atoms with E-state index in [1.54, 1.807) is 24.3 Å². The number of phenols is 1. The van der Waals surface area contributed by atoms with E-state index in [9.17, 15) is 9.90 Å². The molecule has 1 saturated heterocycles. The highest BCUT2D eigenvalue weighted by atomic mass is 16.5. The van der Waals surface area contributed by atoms with Gasteiger partial charge in [0.2, 0.25) is 0 Å². The molecule has 0 aliphatic carbocycles. The summed E-state index contributed by atoms with van der Waals surface area (Å²) in [5.74, 6) is 0.768. The van der Waals surface area contributed by atoms with Gasteiger partial charge >= 0.3 is 0 Å². The highest BCUT2D eigenvalue weighted by Crippen LogP contribution is 2.21. The number of rotatable bonds is 5. The zero-order valence-corrected chi connectivity index (χ0v) is 14.5. The van der Waals surface area contributed by atoms with Crippen LogP contribution >= 0.6 is 0 Å². The van der Waals surface area contributed by atoms with Crippen molar-refractivity contribution >= 4 is 5.91 Å². The monoisotopic (exact) mass is 340 g/mol. The zero-order valence-electron chi connectivity index (χ0n) is 14.5. The summed E-state index contributed by atoms with van der Waals surface area (Å²) in [6, 6.07) is 17.2. The molecule has 1 fully saturated rings. The minimum absolute atomic E-state index is 0.0000826. The number of carbonyl (C=O) groups excluding carboxylic acids is 1. The molecule has 25 heavy (non-hydrogen) atoms. The lowest BCUT2D eigenvalue weighted by molar-refractivity contribution is -0.135. The number of aromatic hydroxyl groups is 1. The molecule has 2 aromatic carbocycles. The van der Waals surface area contributed by atoms with Crippen molar-refractivity contribution in [1.82, 2.24) is 9.80 Å². The molecule has 1 unspecified atom stereocenters. The lowest BCUT2D eigenvalue weighted by atomic mass is 10.1. The summed E-state index contributed by atoms with van der Waals surface area (Å²) in [4.78, 5) is 16.6. The van der Waals surface area contributed by atoms with Crippen molar-refractivity contribution < 1.29 is 14.6 Å². The van der Waals surface area contributed by atoms with E-state index in [0.717, 1.165) is 26.2 Å². The molecule has 3 rings (SSSR count). The van der Waals surface area contributed by atoms with E-state index in [2.05, 4.69) is 36.1 Å². The van der Waals surface area contributed by atoms with Crippen molar-refractivity contribution in [2.24, 2.45) is 0 Å². The van der Waals surface area contributed by atoms with Gasteiger partial charge in [-0.2, -0.15) is 0 Å². The lowest BCUT2D eigenvalue weighted by Crippen LogP contribution is -2.50. The van der Waals surface area contributed by atoms with Crippen LogP contribution < -0.4 is 4.74 Å². The number of amides is 1. The zero-order chi connectivity index (χ0) is 17.6. The molecule has 2 aromatic rings. The second-order valence-corrected chi connectivity index (χ2v) is 6.29. The minimum Gasteiger partial charge on any atom is -0.508 e. The molecular weight excluding hydrogens is 316 g/mol. The van der Waals surface area contributed by atoms with Gasteiger partial charge in [0.25, 0.3) is 5.91 Å². The fraction of sp³-hybridized carbons (Fsp3) is 0.350. The maximum Gasteiger partial charge on any atom is 0.260 e. The van der Waals surface area contributed by atoms with E-state index < -0.39 is 0 Å². The number of carbonyl (C=O) groups is 1. The van der Waals surface area contributed by atoms with Crippen LogP contribution in [-0.2, 0) is 4.79 Å². The number of benzene rings is 2. The van der Waals surface area contributed by atoms with Crippen LogP contribution in [0.3, 0.4) is 0 Å². The number of nitrogens with zero attached hydrogens (tertiary/aromatic N) is 2. The second kappa shape index (κ2) is 8.03. The number of hydrogen-bond donors (Lipinski definition) is 1. The summed E-state index contributed by atoms with van der Waals surface area (Å²) >= 11 is 0. The Labute approximate surface area is 148 Å². The maximum atomic E-state index is 12.3. The van der Waals surface area contributed by atoms with Gasteiger partial charge in [0.15, 0.2) is 6.61 Å². The number of hydrogen-bond acceptors (Lipinski definition) is 4. The Balaban J connectivity index is 1.46. The second-order valence-electron chi connectivity index (χ2n) is 6.29. The predicted octanol–water partition coefficient (Wildman–Crippen LogP) is 2.68. The Bertz CT molecular complexity index is 680. The molecule has 1 heterocycles. The molecule has 0 aromatic heterocycles. The molecule has 5 nitrogen and oxygen atoms in total. The molecule has 0 spiro atoms. The standard InChI is InChI=1S/C20H24N2O3/c1-16(17-5-3-2-4-6-17)21-11-13-22(14-12-21)20(24)15-25-19-9-7-18(23)8-10-19/h2-10,16,23H,11-15H2,1H3. The Morgan fingerprint density at radius 3 is 2.32 bits per heavy atom. The summed E-state index contributed by atoms with van der Waals surface area (Å²) in [5.41, 5.74) is 1.30. The smallest absolute Gasteiger partial charge is 0.260 e. The van der Waals surface area contributed by atoms with E-state index >= 15 is 0 Å². The topological polar surface area (TPSA) is 53.0 Å². The third-order valence-electron chi connectivity index (χ3n) is 4.70. The van der Waals surface area contributed by atoms with Gasteiger partial charge in [-0.25, -0.2) is 0 Å². The molecule has 0 saturated carbocycles. The first kappa shape index (κ1) is 17.3. The van der Waals surface area contributed by atoms with Crippen molar-refractivity contribution in [2.45, 2.75) is 13.0 Å². The molecule has 1 aliphatic rings. The van der Waals surface area contributed by atoms with Gasteiger partial charge in [-0.15, -0.1) is 0 Å². The fourth-order valence-corrected chi connectivity index (χ4v) is 3.08. The molecule has 1 atom stereocenters. The normalized spacial score (nSPS) is 16.4. The molecule has 1 N–H and O–H groups in total. The Morgan fingerprint density at radius 2 is 1.68 bits per heavy atom. The minimum atomic E-state index is 0.0000826. The molecule has 132 valence electrons. The van der Waals surface area contributed by atoms with Crippen LogP contribution in [0.1, 0.15) is 18.5 Å². The van der Waals surface area contributed by atoms with Crippen LogP contribution in [0.25, 0.3) is 0 Å². The van der Waals surface area contributed by atoms with Gasteiger partial charge in [-0.3, -0.25) is 9.69 Å². The van der Waals surface area contributed by atoms with E-state index in [1.807, 2.05) is 11.0 Å². The van der Waals surface area contributed by atoms with E-state index in [-0.39, 0.29) is 18.3 Å². The molecule has 1 amide bonds. The summed E-state index contributed by atoms with van der Waals surface area (Å²) in [6.45, 7) is 5.39. The first-order valence-electron chi connectivity index (χ1n) is 8.62. The maximum absolute atomic E-state index is 12.3. The van der Waals surface area contributed by atoms with Crippen LogP contribution in [0.15, 0.2) is 54.6 Å². The first-order chi connectivity index (χ1) is 12.1. The Kier molecular flexibility index (Phi) is 5.56. The SMILES string of the molecule is CC(c1ccccc1)N1CCN(C(=O)COc2ccc(O)cc2)CC1. The van der Waals surface area contributed by atoms with Gasteiger partial charge in [-0.05, 0) is 36.8 Å². The van der Waals surface area contributed by atoms with Gasteiger partial charge in [-0.1, -0.05) is 30.3 Å². The van der Waals surface area contributed by atoms with Crippen LogP contribution in [0.4, 0.5) is 0 Å². The quantitative estimate of drug-likeness (QED) is 0.909. The third-order valence-corrected chi connectivity index (χ3v) is 4.70. The van der Waals surface area contributed by atoms with Gasteiger partial charge in [0.05, 0.1) is 0 Å². The largest absolute Gasteiger partial charge is 0.508 e. The first-order valence-corrected chi connectivity index (χ1v) is 8.62. The number of piperazine rings is 1. The number of phenolic OH excluding ortho intramolecular Hbond substituents is 1. The average Bonchev–Trinajstić information content (AvgIpc) is 2.67. The molecule has 1 aliphatic heterocycles. The van der Waals surface area contributed by atoms with E-state index in [4.69, 9.17) is 4.74 Å². The highest BCUT2D eigenvalue weighted by molar-refractivity contribution is 5.77. The van der Waals surface area contributed by atoms with Crippen LogP contribution in [0.2, 0.25) is 0 Å². The predicted molar refractivity (Wildman–Crippen MR) is 96.6 cm³/mol. The summed E-state index contributed by atoms with van der Waals surface area (Å²) < 4.78 is 5.50. The van der Waals surface area contributed by atoms with Crippen LogP contribution in [0.5, 0.6) is 11.5 Å². The molecule has 0 radical (unpaired) electrons. The van der Waals surface area contributed by atoms with Gasteiger partial charge in [0, 0.05) is 32.2 Å². The Hall–Kier alpha value is -2.53. The third kappa shape index (κ3) is 4.51. The van der Waals surface area contributed by atoms with E-state index in [0.29, 0.717) is 11.8 Å². The van der Waals surface area contributed by atoms with Crippen molar-refractivity contribution in [2.75, 3.05) is 32.8 Å².